The Bertz CT molecular complexity index is 784. The zero-order valence-corrected chi connectivity index (χ0v) is 17.6. The first-order valence-corrected chi connectivity index (χ1v) is 10.3. The third-order valence-corrected chi connectivity index (χ3v) is 5.72. The molecule has 4 nitrogen and oxygen atoms in total. The van der Waals surface area contributed by atoms with Gasteiger partial charge in [-0.15, -0.1) is 11.8 Å². The molecule has 2 aromatic carbocycles. The molecule has 1 N–H and O–H groups in total. The molecular weight excluding hydrogens is 403 g/mol. The third kappa shape index (κ3) is 6.16. The van der Waals surface area contributed by atoms with E-state index in [0.29, 0.717) is 16.5 Å². The first-order chi connectivity index (χ1) is 13.0. The van der Waals surface area contributed by atoms with Crippen LogP contribution in [-0.2, 0) is 16.1 Å². The minimum absolute atomic E-state index is 0.120. The average Bonchev–Trinajstić information content (AvgIpc) is 2.68. The van der Waals surface area contributed by atoms with E-state index in [9.17, 15) is 9.59 Å². The fourth-order valence-electron chi connectivity index (χ4n) is 2.66. The average molecular weight is 425 g/mol. The lowest BCUT2D eigenvalue weighted by Crippen LogP contribution is -2.48. The summed E-state index contributed by atoms with van der Waals surface area (Å²) in [6, 6.07) is 14.1. The van der Waals surface area contributed by atoms with Crippen LogP contribution in [0.2, 0.25) is 10.0 Å². The van der Waals surface area contributed by atoms with Crippen molar-refractivity contribution in [2.45, 2.75) is 30.8 Å². The zero-order chi connectivity index (χ0) is 19.8. The molecule has 0 bridgehead atoms. The molecule has 0 fully saturated rings. The zero-order valence-electron chi connectivity index (χ0n) is 15.2. The Labute approximate surface area is 174 Å². The van der Waals surface area contributed by atoms with Gasteiger partial charge in [-0.25, -0.2) is 0 Å². The molecule has 1 atom stereocenters. The van der Waals surface area contributed by atoms with Crippen molar-refractivity contribution < 1.29 is 9.59 Å². The Hall–Kier alpha value is -1.69. The smallest absolute Gasteiger partial charge is 0.242 e. The summed E-state index contributed by atoms with van der Waals surface area (Å²) in [6.45, 7) is 2.17. The molecule has 7 heteroatoms. The Kier molecular flexibility index (Phi) is 8.48. The van der Waals surface area contributed by atoms with E-state index in [4.69, 9.17) is 23.2 Å². The van der Waals surface area contributed by atoms with Gasteiger partial charge < -0.3 is 10.2 Å². The lowest BCUT2D eigenvalue weighted by Gasteiger charge is -2.30. The molecule has 0 radical (unpaired) electrons. The molecule has 0 aliphatic carbocycles. The summed E-state index contributed by atoms with van der Waals surface area (Å²) < 4.78 is 0. The maximum Gasteiger partial charge on any atom is 0.242 e. The number of rotatable bonds is 8. The van der Waals surface area contributed by atoms with Crippen LogP contribution in [0.1, 0.15) is 18.9 Å². The summed E-state index contributed by atoms with van der Waals surface area (Å²) in [5.74, 6) is -0.0840. The largest absolute Gasteiger partial charge is 0.357 e. The van der Waals surface area contributed by atoms with Gasteiger partial charge in [0.2, 0.25) is 11.8 Å². The maximum atomic E-state index is 13.0. The number of halogens is 2. The number of benzene rings is 2. The van der Waals surface area contributed by atoms with Crippen molar-refractivity contribution in [3.8, 4) is 0 Å². The number of nitrogens with zero attached hydrogens (tertiary/aromatic N) is 1. The lowest BCUT2D eigenvalue weighted by molar-refractivity contribution is -0.139. The maximum absolute atomic E-state index is 13.0. The molecule has 0 saturated carbocycles. The van der Waals surface area contributed by atoms with Crippen molar-refractivity contribution in [2.24, 2.45) is 0 Å². The number of hydrogen-bond acceptors (Lipinski definition) is 3. The van der Waals surface area contributed by atoms with E-state index in [0.717, 1.165) is 10.5 Å². The van der Waals surface area contributed by atoms with Gasteiger partial charge in [-0.1, -0.05) is 48.3 Å². The fraction of sp³-hybridized carbons (Fsp3) is 0.300. The standard InChI is InChI=1S/C20H22Cl2N2O2S/c1-3-18(20(26)23-2)24(12-14-6-4-5-7-17(14)22)19(25)13-27-16-10-8-15(21)9-11-16/h4-11,18H,3,12-13H2,1-2H3,(H,23,26)/t18-/m0/s1. The minimum Gasteiger partial charge on any atom is -0.357 e. The SMILES string of the molecule is CC[C@@H](C(=O)NC)N(Cc1ccccc1Cl)C(=O)CSc1ccc(Cl)cc1. The van der Waals surface area contributed by atoms with Gasteiger partial charge in [-0.2, -0.15) is 0 Å². The lowest BCUT2D eigenvalue weighted by atomic mass is 10.1. The van der Waals surface area contributed by atoms with E-state index in [-0.39, 0.29) is 24.1 Å². The van der Waals surface area contributed by atoms with Crippen LogP contribution in [-0.4, -0.2) is 35.6 Å². The summed E-state index contributed by atoms with van der Waals surface area (Å²) >= 11 is 13.6. The van der Waals surface area contributed by atoms with Gasteiger partial charge in [-0.05, 0) is 42.3 Å². The van der Waals surface area contributed by atoms with Gasteiger partial charge in [0.25, 0.3) is 0 Å². The van der Waals surface area contributed by atoms with Gasteiger partial charge >= 0.3 is 0 Å². The van der Waals surface area contributed by atoms with Crippen LogP contribution in [0.5, 0.6) is 0 Å². The normalized spacial score (nSPS) is 11.7. The fourth-order valence-corrected chi connectivity index (χ4v) is 3.76. The molecule has 27 heavy (non-hydrogen) atoms. The quantitative estimate of drug-likeness (QED) is 0.627. The van der Waals surface area contributed by atoms with Crippen LogP contribution < -0.4 is 5.32 Å². The Morgan fingerprint density at radius 1 is 1.11 bits per heavy atom. The predicted octanol–water partition coefficient (Wildman–Crippen LogP) is 4.64. The first kappa shape index (κ1) is 21.6. The van der Waals surface area contributed by atoms with Crippen molar-refractivity contribution in [1.29, 1.82) is 0 Å². The van der Waals surface area contributed by atoms with Crippen LogP contribution in [0, 0.1) is 0 Å². The molecule has 2 aromatic rings. The van der Waals surface area contributed by atoms with Crippen LogP contribution in [0.15, 0.2) is 53.4 Å². The van der Waals surface area contributed by atoms with Gasteiger partial charge in [0.15, 0.2) is 0 Å². The number of carbonyl (C=O) groups is 2. The second-order valence-electron chi connectivity index (χ2n) is 5.89. The van der Waals surface area contributed by atoms with Crippen molar-refractivity contribution >= 4 is 46.8 Å². The second-order valence-corrected chi connectivity index (χ2v) is 7.79. The van der Waals surface area contributed by atoms with E-state index < -0.39 is 6.04 Å². The summed E-state index contributed by atoms with van der Waals surface area (Å²) in [5, 5.41) is 3.87. The number of thioether (sulfide) groups is 1. The molecule has 0 aliphatic heterocycles. The Morgan fingerprint density at radius 3 is 2.37 bits per heavy atom. The minimum atomic E-state index is -0.551. The Balaban J connectivity index is 2.19. The van der Waals surface area contributed by atoms with Gasteiger partial charge in [-0.3, -0.25) is 9.59 Å². The molecule has 0 unspecified atom stereocenters. The van der Waals surface area contributed by atoms with Gasteiger partial charge in [0.05, 0.1) is 5.75 Å². The number of nitrogens with one attached hydrogen (secondary N) is 1. The molecule has 2 amide bonds. The van der Waals surface area contributed by atoms with Crippen LogP contribution >= 0.6 is 35.0 Å². The van der Waals surface area contributed by atoms with Crippen molar-refractivity contribution in [3.05, 3.63) is 64.1 Å². The van der Waals surface area contributed by atoms with Crippen LogP contribution in [0.3, 0.4) is 0 Å². The van der Waals surface area contributed by atoms with E-state index in [1.807, 2.05) is 37.3 Å². The van der Waals surface area contributed by atoms with E-state index >= 15 is 0 Å². The summed E-state index contributed by atoms with van der Waals surface area (Å²) in [7, 11) is 1.58. The highest BCUT2D eigenvalue weighted by Gasteiger charge is 2.28. The second kappa shape index (κ2) is 10.6. The van der Waals surface area contributed by atoms with Crippen molar-refractivity contribution in [3.63, 3.8) is 0 Å². The monoisotopic (exact) mass is 424 g/mol. The summed E-state index contributed by atoms with van der Waals surface area (Å²) in [6.07, 6.45) is 0.515. The highest BCUT2D eigenvalue weighted by molar-refractivity contribution is 8.00. The van der Waals surface area contributed by atoms with E-state index in [1.165, 1.54) is 11.8 Å². The summed E-state index contributed by atoms with van der Waals surface area (Å²) in [5.41, 5.74) is 0.811. The van der Waals surface area contributed by atoms with E-state index in [1.54, 1.807) is 30.1 Å². The molecule has 2 rings (SSSR count). The van der Waals surface area contributed by atoms with Crippen LogP contribution in [0.4, 0.5) is 0 Å². The van der Waals surface area contributed by atoms with E-state index in [2.05, 4.69) is 5.32 Å². The highest BCUT2D eigenvalue weighted by Crippen LogP contribution is 2.23. The van der Waals surface area contributed by atoms with Gasteiger partial charge in [0, 0.05) is 28.5 Å². The number of carbonyl (C=O) groups excluding carboxylic acids is 2. The molecule has 0 spiro atoms. The highest BCUT2D eigenvalue weighted by atomic mass is 35.5. The molecular formula is C20H22Cl2N2O2S. The molecule has 0 aromatic heterocycles. The number of hydrogen-bond donors (Lipinski definition) is 1. The molecule has 0 heterocycles. The van der Waals surface area contributed by atoms with Crippen molar-refractivity contribution in [1.82, 2.24) is 10.2 Å². The Morgan fingerprint density at radius 2 is 1.78 bits per heavy atom. The molecule has 0 saturated heterocycles. The third-order valence-electron chi connectivity index (χ3n) is 4.11. The predicted molar refractivity (Wildman–Crippen MR) is 112 cm³/mol. The molecule has 0 aliphatic rings. The van der Waals surface area contributed by atoms with Gasteiger partial charge in [0.1, 0.15) is 6.04 Å². The van der Waals surface area contributed by atoms with Crippen molar-refractivity contribution in [2.75, 3.05) is 12.8 Å². The summed E-state index contributed by atoms with van der Waals surface area (Å²) in [4.78, 5) is 27.8. The number of amides is 2. The molecule has 144 valence electrons. The first-order valence-electron chi connectivity index (χ1n) is 8.59. The van der Waals surface area contributed by atoms with Crippen LogP contribution in [0.25, 0.3) is 0 Å². The number of likely N-dealkylation sites (N-methyl/N-ethyl adjacent to an activating group) is 1. The topological polar surface area (TPSA) is 49.4 Å².